The Labute approximate surface area is 114 Å². The van der Waals surface area contributed by atoms with E-state index in [0.29, 0.717) is 17.0 Å². The molecule has 0 aliphatic heterocycles. The number of hydrogen-bond acceptors (Lipinski definition) is 0. The van der Waals surface area contributed by atoms with Crippen molar-refractivity contribution in [2.24, 2.45) is 0 Å². The molecule has 1 unspecified atom stereocenters. The molecule has 94 valence electrons. The molecule has 0 amide bonds. The standard InChI is InChI=1S/C14H10Cl2F2/c15-10-4-5-14(18)12(8-10)13(16)7-9-2-1-3-11(17)6-9/h1-6,8,13H,7H2. The minimum absolute atomic E-state index is 0.327. The molecular weight excluding hydrogens is 277 g/mol. The first-order valence-corrected chi connectivity index (χ1v) is 6.21. The maximum atomic E-state index is 13.6. The molecule has 1 atom stereocenters. The molecule has 2 aromatic rings. The van der Waals surface area contributed by atoms with Gasteiger partial charge >= 0.3 is 0 Å². The van der Waals surface area contributed by atoms with Crippen LogP contribution in [0.5, 0.6) is 0 Å². The SMILES string of the molecule is Fc1cccc(CC(Cl)c2cc(Cl)ccc2F)c1. The van der Waals surface area contributed by atoms with E-state index < -0.39 is 11.2 Å². The lowest BCUT2D eigenvalue weighted by Gasteiger charge is -2.11. The fourth-order valence-corrected chi connectivity index (χ4v) is 2.26. The van der Waals surface area contributed by atoms with E-state index in [1.54, 1.807) is 12.1 Å². The third-order valence-corrected chi connectivity index (χ3v) is 3.22. The molecule has 0 N–H and O–H groups in total. The Bertz CT molecular complexity index is 555. The summed E-state index contributed by atoms with van der Waals surface area (Å²) in [6, 6.07) is 10.3. The van der Waals surface area contributed by atoms with E-state index in [1.807, 2.05) is 0 Å². The second kappa shape index (κ2) is 5.68. The molecule has 0 spiro atoms. The summed E-state index contributed by atoms with van der Waals surface area (Å²) in [6.07, 6.45) is 0.344. The molecule has 0 aliphatic carbocycles. The topological polar surface area (TPSA) is 0 Å². The van der Waals surface area contributed by atoms with E-state index in [9.17, 15) is 8.78 Å². The van der Waals surface area contributed by atoms with Crippen LogP contribution in [0, 0.1) is 11.6 Å². The van der Waals surface area contributed by atoms with Crippen molar-refractivity contribution in [2.45, 2.75) is 11.8 Å². The molecular formula is C14H10Cl2F2. The van der Waals surface area contributed by atoms with E-state index in [2.05, 4.69) is 0 Å². The van der Waals surface area contributed by atoms with Gasteiger partial charge in [-0.1, -0.05) is 23.7 Å². The highest BCUT2D eigenvalue weighted by Crippen LogP contribution is 2.29. The van der Waals surface area contributed by atoms with E-state index >= 15 is 0 Å². The smallest absolute Gasteiger partial charge is 0.128 e. The van der Waals surface area contributed by atoms with Gasteiger partial charge in [0, 0.05) is 10.6 Å². The number of benzene rings is 2. The van der Waals surface area contributed by atoms with Crippen molar-refractivity contribution in [3.05, 3.63) is 70.2 Å². The third kappa shape index (κ3) is 3.21. The van der Waals surface area contributed by atoms with Crippen LogP contribution in [-0.2, 0) is 6.42 Å². The Hall–Kier alpha value is -1.12. The summed E-state index contributed by atoms with van der Waals surface area (Å²) >= 11 is 12.0. The third-order valence-electron chi connectivity index (χ3n) is 2.60. The summed E-state index contributed by atoms with van der Waals surface area (Å²) in [5, 5.41) is -0.151. The van der Waals surface area contributed by atoms with Crippen molar-refractivity contribution < 1.29 is 8.78 Å². The summed E-state index contributed by atoms with van der Waals surface area (Å²) in [4.78, 5) is 0. The van der Waals surface area contributed by atoms with Gasteiger partial charge in [0.2, 0.25) is 0 Å². The van der Waals surface area contributed by atoms with Crippen LogP contribution in [0.25, 0.3) is 0 Å². The van der Waals surface area contributed by atoms with Gasteiger partial charge in [0.15, 0.2) is 0 Å². The Kier molecular flexibility index (Phi) is 4.20. The zero-order valence-corrected chi connectivity index (χ0v) is 10.8. The largest absolute Gasteiger partial charge is 0.207 e. The fourth-order valence-electron chi connectivity index (χ4n) is 1.74. The minimum atomic E-state index is -0.578. The van der Waals surface area contributed by atoms with Gasteiger partial charge in [-0.2, -0.15) is 0 Å². The Morgan fingerprint density at radius 3 is 2.56 bits per heavy atom. The molecule has 0 aromatic heterocycles. The number of alkyl halides is 1. The predicted octanol–water partition coefficient (Wildman–Crippen LogP) is 5.14. The van der Waals surface area contributed by atoms with E-state index in [1.165, 1.54) is 30.3 Å². The van der Waals surface area contributed by atoms with Crippen LogP contribution < -0.4 is 0 Å². The van der Waals surface area contributed by atoms with Crippen molar-refractivity contribution in [3.63, 3.8) is 0 Å². The van der Waals surface area contributed by atoms with Crippen LogP contribution >= 0.6 is 23.2 Å². The van der Waals surface area contributed by atoms with Crippen molar-refractivity contribution in [1.82, 2.24) is 0 Å². The van der Waals surface area contributed by atoms with Gasteiger partial charge < -0.3 is 0 Å². The minimum Gasteiger partial charge on any atom is -0.207 e. The number of hydrogen-bond donors (Lipinski definition) is 0. The first-order chi connectivity index (χ1) is 8.56. The summed E-state index contributed by atoms with van der Waals surface area (Å²) in [7, 11) is 0. The second-order valence-corrected chi connectivity index (χ2v) is 4.93. The molecule has 2 rings (SSSR count). The van der Waals surface area contributed by atoms with Crippen molar-refractivity contribution in [2.75, 3.05) is 0 Å². The zero-order valence-electron chi connectivity index (χ0n) is 9.34. The van der Waals surface area contributed by atoms with Gasteiger partial charge in [0.25, 0.3) is 0 Å². The zero-order chi connectivity index (χ0) is 13.1. The molecule has 0 fully saturated rings. The van der Waals surface area contributed by atoms with Gasteiger partial charge in [0.05, 0.1) is 5.38 Å². The first kappa shape index (κ1) is 13.3. The maximum absolute atomic E-state index is 13.6. The highest BCUT2D eigenvalue weighted by Gasteiger charge is 2.14. The monoisotopic (exact) mass is 286 g/mol. The molecule has 0 radical (unpaired) electrons. The van der Waals surface area contributed by atoms with E-state index in [4.69, 9.17) is 23.2 Å². The lowest BCUT2D eigenvalue weighted by Crippen LogP contribution is -1.99. The maximum Gasteiger partial charge on any atom is 0.128 e. The summed E-state index contributed by atoms with van der Waals surface area (Å²) < 4.78 is 26.6. The summed E-state index contributed by atoms with van der Waals surface area (Å²) in [5.41, 5.74) is 1.04. The van der Waals surface area contributed by atoms with Gasteiger partial charge in [-0.25, -0.2) is 8.78 Å². The molecule has 0 heterocycles. The molecule has 0 bridgehead atoms. The van der Waals surface area contributed by atoms with E-state index in [0.717, 1.165) is 5.56 Å². The molecule has 4 heteroatoms. The molecule has 2 aromatic carbocycles. The van der Waals surface area contributed by atoms with Crippen molar-refractivity contribution in [1.29, 1.82) is 0 Å². The Morgan fingerprint density at radius 1 is 1.06 bits per heavy atom. The number of rotatable bonds is 3. The van der Waals surface area contributed by atoms with Crippen LogP contribution in [0.3, 0.4) is 0 Å². The molecule has 0 saturated heterocycles. The van der Waals surface area contributed by atoms with Gasteiger partial charge in [-0.05, 0) is 42.3 Å². The first-order valence-electron chi connectivity index (χ1n) is 5.40. The van der Waals surface area contributed by atoms with Crippen LogP contribution in [0.2, 0.25) is 5.02 Å². The van der Waals surface area contributed by atoms with Gasteiger partial charge in [-0.3, -0.25) is 0 Å². The lowest BCUT2D eigenvalue weighted by molar-refractivity contribution is 0.604. The second-order valence-electron chi connectivity index (χ2n) is 3.97. The fraction of sp³-hybridized carbons (Fsp3) is 0.143. The molecule has 0 nitrogen and oxygen atoms in total. The predicted molar refractivity (Wildman–Crippen MR) is 70.1 cm³/mol. The lowest BCUT2D eigenvalue weighted by atomic mass is 10.0. The van der Waals surface area contributed by atoms with Crippen LogP contribution in [0.15, 0.2) is 42.5 Å². The quantitative estimate of drug-likeness (QED) is 0.685. The van der Waals surface area contributed by atoms with Crippen LogP contribution in [0.1, 0.15) is 16.5 Å². The summed E-state index contributed by atoms with van der Waals surface area (Å²) in [5.74, 6) is -0.737. The van der Waals surface area contributed by atoms with Crippen LogP contribution in [0.4, 0.5) is 8.78 Å². The van der Waals surface area contributed by atoms with Gasteiger partial charge in [-0.15, -0.1) is 11.6 Å². The van der Waals surface area contributed by atoms with Crippen molar-refractivity contribution in [3.8, 4) is 0 Å². The molecule has 0 saturated carbocycles. The van der Waals surface area contributed by atoms with Crippen LogP contribution in [-0.4, -0.2) is 0 Å². The average Bonchev–Trinajstić information content (AvgIpc) is 2.32. The van der Waals surface area contributed by atoms with Crippen molar-refractivity contribution >= 4 is 23.2 Å². The highest BCUT2D eigenvalue weighted by atomic mass is 35.5. The number of halogens is 4. The summed E-state index contributed by atoms with van der Waals surface area (Å²) in [6.45, 7) is 0. The van der Waals surface area contributed by atoms with Gasteiger partial charge in [0.1, 0.15) is 11.6 Å². The molecule has 18 heavy (non-hydrogen) atoms. The normalized spacial score (nSPS) is 12.4. The highest BCUT2D eigenvalue weighted by molar-refractivity contribution is 6.30. The average molecular weight is 287 g/mol. The Morgan fingerprint density at radius 2 is 1.83 bits per heavy atom. The van der Waals surface area contributed by atoms with E-state index in [-0.39, 0.29) is 5.82 Å². The molecule has 0 aliphatic rings. The Balaban J connectivity index is 2.21.